The van der Waals surface area contributed by atoms with Crippen LogP contribution in [-0.2, 0) is 12.8 Å². The van der Waals surface area contributed by atoms with E-state index in [1.54, 1.807) is 0 Å². The van der Waals surface area contributed by atoms with Crippen LogP contribution in [0.25, 0.3) is 6.08 Å². The van der Waals surface area contributed by atoms with Crippen molar-refractivity contribution in [1.82, 2.24) is 0 Å². The number of aryl methyl sites for hydroxylation is 2. The summed E-state index contributed by atoms with van der Waals surface area (Å²) in [6, 6.07) is 18.0. The quantitative estimate of drug-likeness (QED) is 0.492. The summed E-state index contributed by atoms with van der Waals surface area (Å²) < 4.78 is 13.3. The SMILES string of the molecule is CCCC=Cc1ccc(CCc2ccc(C3CCC(F)CC3)cc2)cc1. The van der Waals surface area contributed by atoms with Gasteiger partial charge in [-0.05, 0) is 73.1 Å². The van der Waals surface area contributed by atoms with E-state index in [2.05, 4.69) is 67.6 Å². The van der Waals surface area contributed by atoms with Crippen molar-refractivity contribution < 1.29 is 4.39 Å². The number of alkyl halides is 1. The normalized spacial score (nSPS) is 20.5. The highest BCUT2D eigenvalue weighted by Crippen LogP contribution is 2.34. The predicted molar refractivity (Wildman–Crippen MR) is 110 cm³/mol. The number of hydrogen-bond donors (Lipinski definition) is 0. The second kappa shape index (κ2) is 9.71. The Morgan fingerprint density at radius 3 is 2.00 bits per heavy atom. The predicted octanol–water partition coefficient (Wildman–Crippen LogP) is 7.28. The molecule has 3 rings (SSSR count). The molecule has 0 saturated heterocycles. The summed E-state index contributed by atoms with van der Waals surface area (Å²) in [7, 11) is 0. The summed E-state index contributed by atoms with van der Waals surface area (Å²) in [6.07, 6.45) is 11.8. The van der Waals surface area contributed by atoms with E-state index in [0.717, 1.165) is 44.9 Å². The van der Waals surface area contributed by atoms with Crippen molar-refractivity contribution >= 4 is 6.08 Å². The fourth-order valence-corrected chi connectivity index (χ4v) is 3.81. The maximum atomic E-state index is 13.3. The smallest absolute Gasteiger partial charge is 0.100 e. The maximum Gasteiger partial charge on any atom is 0.100 e. The Bertz CT molecular complexity index is 673. The van der Waals surface area contributed by atoms with E-state index in [1.165, 1.54) is 28.7 Å². The molecule has 1 fully saturated rings. The first-order chi connectivity index (χ1) is 12.7. The number of allylic oxidation sites excluding steroid dienone is 1. The second-order valence-electron chi connectivity index (χ2n) is 7.62. The highest BCUT2D eigenvalue weighted by Gasteiger charge is 2.21. The molecule has 0 heterocycles. The standard InChI is InChI=1S/C25H31F/c1-2-3-4-5-20-6-8-21(9-7-20)10-11-22-12-14-23(15-13-22)24-16-18-25(26)19-17-24/h4-9,12-15,24-25H,2-3,10-11,16-19H2,1H3. The van der Waals surface area contributed by atoms with Gasteiger partial charge in [0.2, 0.25) is 0 Å². The monoisotopic (exact) mass is 350 g/mol. The van der Waals surface area contributed by atoms with E-state index in [1.807, 2.05) is 0 Å². The molecule has 2 aromatic carbocycles. The third-order valence-electron chi connectivity index (χ3n) is 5.56. The van der Waals surface area contributed by atoms with Crippen molar-refractivity contribution in [3.63, 3.8) is 0 Å². The molecule has 1 aliphatic rings. The number of unbranched alkanes of at least 4 members (excludes halogenated alkanes) is 1. The van der Waals surface area contributed by atoms with Crippen LogP contribution >= 0.6 is 0 Å². The Hall–Kier alpha value is -1.89. The van der Waals surface area contributed by atoms with E-state index in [0.29, 0.717) is 5.92 Å². The molecule has 1 aliphatic carbocycles. The van der Waals surface area contributed by atoms with E-state index in [4.69, 9.17) is 0 Å². The Labute approximate surface area is 158 Å². The highest BCUT2D eigenvalue weighted by atomic mass is 19.1. The lowest BCUT2D eigenvalue weighted by atomic mass is 9.83. The van der Waals surface area contributed by atoms with E-state index >= 15 is 0 Å². The van der Waals surface area contributed by atoms with Crippen molar-refractivity contribution in [2.45, 2.75) is 70.4 Å². The Morgan fingerprint density at radius 2 is 1.42 bits per heavy atom. The third kappa shape index (κ3) is 5.56. The Balaban J connectivity index is 1.50. The summed E-state index contributed by atoms with van der Waals surface area (Å²) in [5.41, 5.74) is 5.46. The van der Waals surface area contributed by atoms with Crippen LogP contribution in [0.15, 0.2) is 54.6 Å². The Kier molecular flexibility index (Phi) is 7.05. The van der Waals surface area contributed by atoms with Gasteiger partial charge >= 0.3 is 0 Å². The van der Waals surface area contributed by atoms with Crippen LogP contribution in [0.1, 0.15) is 73.6 Å². The minimum absolute atomic E-state index is 0.560. The molecule has 0 spiro atoms. The molecule has 26 heavy (non-hydrogen) atoms. The number of hydrogen-bond acceptors (Lipinski definition) is 0. The van der Waals surface area contributed by atoms with Gasteiger partial charge in [-0.15, -0.1) is 0 Å². The topological polar surface area (TPSA) is 0 Å². The number of rotatable bonds is 7. The molecule has 0 unspecified atom stereocenters. The highest BCUT2D eigenvalue weighted by molar-refractivity contribution is 5.49. The molecule has 0 radical (unpaired) electrons. The van der Waals surface area contributed by atoms with Gasteiger partial charge in [-0.3, -0.25) is 0 Å². The van der Waals surface area contributed by atoms with Gasteiger partial charge in [-0.1, -0.05) is 74.0 Å². The zero-order valence-corrected chi connectivity index (χ0v) is 16.0. The van der Waals surface area contributed by atoms with Gasteiger partial charge in [-0.2, -0.15) is 0 Å². The molecule has 0 bridgehead atoms. The molecular weight excluding hydrogens is 319 g/mol. The molecule has 0 N–H and O–H groups in total. The Morgan fingerprint density at radius 1 is 0.846 bits per heavy atom. The molecule has 138 valence electrons. The van der Waals surface area contributed by atoms with Crippen molar-refractivity contribution in [2.24, 2.45) is 0 Å². The van der Waals surface area contributed by atoms with E-state index in [-0.39, 0.29) is 0 Å². The first-order valence-corrected chi connectivity index (χ1v) is 10.2. The van der Waals surface area contributed by atoms with Gasteiger partial charge < -0.3 is 0 Å². The van der Waals surface area contributed by atoms with Crippen molar-refractivity contribution in [2.75, 3.05) is 0 Å². The first kappa shape index (κ1) is 18.9. The lowest BCUT2D eigenvalue weighted by molar-refractivity contribution is 0.235. The number of halogens is 1. The van der Waals surface area contributed by atoms with Gasteiger partial charge in [0.25, 0.3) is 0 Å². The summed E-state index contributed by atoms with van der Waals surface area (Å²) in [5.74, 6) is 0.560. The minimum atomic E-state index is -0.570. The van der Waals surface area contributed by atoms with Gasteiger partial charge in [0, 0.05) is 0 Å². The molecule has 1 heteroatoms. The van der Waals surface area contributed by atoms with Crippen LogP contribution in [0.5, 0.6) is 0 Å². The minimum Gasteiger partial charge on any atom is -0.247 e. The molecule has 1 saturated carbocycles. The zero-order chi connectivity index (χ0) is 18.2. The number of benzene rings is 2. The average Bonchev–Trinajstić information content (AvgIpc) is 2.69. The van der Waals surface area contributed by atoms with Crippen LogP contribution < -0.4 is 0 Å². The molecule has 2 aromatic rings. The lowest BCUT2D eigenvalue weighted by Crippen LogP contribution is -2.13. The van der Waals surface area contributed by atoms with Crippen LogP contribution in [0.3, 0.4) is 0 Å². The van der Waals surface area contributed by atoms with Crippen molar-refractivity contribution in [1.29, 1.82) is 0 Å². The fraction of sp³-hybridized carbons (Fsp3) is 0.440. The second-order valence-corrected chi connectivity index (χ2v) is 7.62. The van der Waals surface area contributed by atoms with Crippen LogP contribution in [0.2, 0.25) is 0 Å². The van der Waals surface area contributed by atoms with Gasteiger partial charge in [-0.25, -0.2) is 4.39 Å². The zero-order valence-electron chi connectivity index (χ0n) is 16.0. The van der Waals surface area contributed by atoms with Crippen molar-refractivity contribution in [3.05, 3.63) is 76.9 Å². The van der Waals surface area contributed by atoms with E-state index < -0.39 is 6.17 Å². The third-order valence-corrected chi connectivity index (χ3v) is 5.56. The van der Waals surface area contributed by atoms with E-state index in [9.17, 15) is 4.39 Å². The fourth-order valence-electron chi connectivity index (χ4n) is 3.81. The molecular formula is C25H31F. The molecule has 0 aromatic heterocycles. The summed E-state index contributed by atoms with van der Waals surface area (Å²) in [6.45, 7) is 2.20. The van der Waals surface area contributed by atoms with Crippen LogP contribution in [-0.4, -0.2) is 6.17 Å². The largest absolute Gasteiger partial charge is 0.247 e. The summed E-state index contributed by atoms with van der Waals surface area (Å²) in [5, 5.41) is 0. The summed E-state index contributed by atoms with van der Waals surface area (Å²) >= 11 is 0. The molecule has 0 atom stereocenters. The lowest BCUT2D eigenvalue weighted by Gasteiger charge is -2.24. The van der Waals surface area contributed by atoms with Gasteiger partial charge in [0.15, 0.2) is 0 Å². The van der Waals surface area contributed by atoms with Gasteiger partial charge in [0.05, 0.1) is 0 Å². The molecule has 0 amide bonds. The first-order valence-electron chi connectivity index (χ1n) is 10.2. The molecule has 0 nitrogen and oxygen atoms in total. The summed E-state index contributed by atoms with van der Waals surface area (Å²) in [4.78, 5) is 0. The van der Waals surface area contributed by atoms with Crippen molar-refractivity contribution in [3.8, 4) is 0 Å². The van der Waals surface area contributed by atoms with Crippen LogP contribution in [0.4, 0.5) is 4.39 Å². The average molecular weight is 351 g/mol. The molecule has 0 aliphatic heterocycles. The maximum absolute atomic E-state index is 13.3. The van der Waals surface area contributed by atoms with Crippen LogP contribution in [0, 0.1) is 0 Å². The van der Waals surface area contributed by atoms with Gasteiger partial charge in [0.1, 0.15) is 6.17 Å².